The van der Waals surface area contributed by atoms with Crippen molar-refractivity contribution in [2.24, 2.45) is 0 Å². The third-order valence-corrected chi connectivity index (χ3v) is 7.17. The summed E-state index contributed by atoms with van der Waals surface area (Å²) in [6, 6.07) is 11.5. The number of amides is 1. The second-order valence-electron chi connectivity index (χ2n) is 7.08. The van der Waals surface area contributed by atoms with Crippen LogP contribution in [0.2, 0.25) is 0 Å². The summed E-state index contributed by atoms with van der Waals surface area (Å²) in [5.41, 5.74) is 3.37. The van der Waals surface area contributed by atoms with E-state index in [9.17, 15) is 13.2 Å². The van der Waals surface area contributed by atoms with Crippen LogP contribution in [0.4, 0.5) is 11.4 Å². The lowest BCUT2D eigenvalue weighted by molar-refractivity contribution is 0.0984. The van der Waals surface area contributed by atoms with E-state index < -0.39 is 9.84 Å². The minimum Gasteiger partial charge on any atom is -0.368 e. The molecule has 1 amide bonds. The molecule has 2 aliphatic rings. The molecular formula is C20H23N3O3S. The van der Waals surface area contributed by atoms with Crippen LogP contribution < -0.4 is 9.80 Å². The van der Waals surface area contributed by atoms with Gasteiger partial charge in [-0.1, -0.05) is 18.2 Å². The van der Waals surface area contributed by atoms with E-state index >= 15 is 0 Å². The van der Waals surface area contributed by atoms with E-state index in [1.807, 2.05) is 37.3 Å². The minimum atomic E-state index is -2.96. The summed E-state index contributed by atoms with van der Waals surface area (Å²) in [6.45, 7) is 3.34. The first-order valence-electron chi connectivity index (χ1n) is 9.31. The fourth-order valence-electron chi connectivity index (χ4n) is 4.08. The lowest BCUT2D eigenvalue weighted by atomic mass is 10.1. The molecule has 142 valence electrons. The molecule has 0 aliphatic carbocycles. The number of hydrogen-bond donors (Lipinski definition) is 0. The largest absolute Gasteiger partial charge is 0.368 e. The van der Waals surface area contributed by atoms with Gasteiger partial charge < -0.3 is 9.80 Å². The molecule has 2 aliphatic heterocycles. The summed E-state index contributed by atoms with van der Waals surface area (Å²) in [6.07, 6.45) is 3.11. The van der Waals surface area contributed by atoms with Crippen molar-refractivity contribution in [2.75, 3.05) is 34.4 Å². The van der Waals surface area contributed by atoms with Crippen LogP contribution in [0.1, 0.15) is 29.4 Å². The molecule has 2 aromatic rings. The summed E-state index contributed by atoms with van der Waals surface area (Å²) in [5, 5.41) is 0. The van der Waals surface area contributed by atoms with Crippen LogP contribution in [0.25, 0.3) is 0 Å². The smallest absolute Gasteiger partial charge is 0.276 e. The number of para-hydroxylation sites is 1. The van der Waals surface area contributed by atoms with Crippen LogP contribution in [0.5, 0.6) is 0 Å². The molecule has 1 fully saturated rings. The standard InChI is InChI=1S/C20H23N3O3S/c1-2-22(17-9-12-27(25,26)14-17)16-7-10-21-18(13-16)20(24)23-11-8-15-5-3-4-6-19(15)23/h3-7,10,13,17H,2,8-9,11-12,14H2,1H3. The van der Waals surface area contributed by atoms with E-state index in [4.69, 9.17) is 0 Å². The Hall–Kier alpha value is -2.41. The van der Waals surface area contributed by atoms with E-state index in [1.54, 1.807) is 17.2 Å². The number of fused-ring (bicyclic) bond motifs is 1. The van der Waals surface area contributed by atoms with E-state index in [2.05, 4.69) is 9.88 Å². The summed E-state index contributed by atoms with van der Waals surface area (Å²) >= 11 is 0. The van der Waals surface area contributed by atoms with Crippen LogP contribution in [-0.4, -0.2) is 49.9 Å². The average molecular weight is 385 g/mol. The Morgan fingerprint density at radius 1 is 1.30 bits per heavy atom. The van der Waals surface area contributed by atoms with Crippen molar-refractivity contribution in [1.82, 2.24) is 4.98 Å². The topological polar surface area (TPSA) is 70.6 Å². The highest BCUT2D eigenvalue weighted by molar-refractivity contribution is 7.91. The van der Waals surface area contributed by atoms with Crippen LogP contribution in [0.15, 0.2) is 42.6 Å². The molecule has 1 unspecified atom stereocenters. The Kier molecular flexibility index (Phi) is 4.63. The maximum Gasteiger partial charge on any atom is 0.276 e. The number of nitrogens with zero attached hydrogens (tertiary/aromatic N) is 3. The highest BCUT2D eigenvalue weighted by Gasteiger charge is 2.32. The Morgan fingerprint density at radius 3 is 2.85 bits per heavy atom. The van der Waals surface area contributed by atoms with Crippen LogP contribution in [-0.2, 0) is 16.3 Å². The molecular weight excluding hydrogens is 362 g/mol. The Morgan fingerprint density at radius 2 is 2.11 bits per heavy atom. The number of benzene rings is 1. The first-order chi connectivity index (χ1) is 13.0. The number of pyridine rings is 1. The zero-order valence-corrected chi connectivity index (χ0v) is 16.2. The predicted molar refractivity (Wildman–Crippen MR) is 106 cm³/mol. The van der Waals surface area contributed by atoms with E-state index in [1.165, 1.54) is 5.56 Å². The fraction of sp³-hybridized carbons (Fsp3) is 0.400. The van der Waals surface area contributed by atoms with Crippen molar-refractivity contribution >= 4 is 27.1 Å². The molecule has 1 aromatic carbocycles. The van der Waals surface area contributed by atoms with Gasteiger partial charge in [0.1, 0.15) is 5.69 Å². The Balaban J connectivity index is 1.60. The van der Waals surface area contributed by atoms with Crippen LogP contribution >= 0.6 is 0 Å². The highest BCUT2D eigenvalue weighted by atomic mass is 32.2. The fourth-order valence-corrected chi connectivity index (χ4v) is 5.81. The zero-order chi connectivity index (χ0) is 19.0. The third-order valence-electron chi connectivity index (χ3n) is 5.42. The van der Waals surface area contributed by atoms with Gasteiger partial charge in [0, 0.05) is 36.7 Å². The van der Waals surface area contributed by atoms with Crippen molar-refractivity contribution in [2.45, 2.75) is 25.8 Å². The molecule has 6 nitrogen and oxygen atoms in total. The van der Waals surface area contributed by atoms with Crippen LogP contribution in [0.3, 0.4) is 0 Å². The molecule has 1 atom stereocenters. The number of carbonyl (C=O) groups is 1. The van der Waals surface area contributed by atoms with E-state index in [0.29, 0.717) is 25.2 Å². The van der Waals surface area contributed by atoms with Gasteiger partial charge in [-0.3, -0.25) is 9.78 Å². The van der Waals surface area contributed by atoms with E-state index in [-0.39, 0.29) is 23.5 Å². The summed E-state index contributed by atoms with van der Waals surface area (Å²) in [5.74, 6) is 0.290. The van der Waals surface area contributed by atoms with Gasteiger partial charge in [-0.25, -0.2) is 8.42 Å². The number of carbonyl (C=O) groups excluding carboxylic acids is 1. The van der Waals surface area contributed by atoms with Crippen LogP contribution in [0, 0.1) is 0 Å². The van der Waals surface area contributed by atoms with Gasteiger partial charge in [0.2, 0.25) is 0 Å². The summed E-state index contributed by atoms with van der Waals surface area (Å²) in [7, 11) is -2.96. The maximum absolute atomic E-state index is 13.0. The number of aromatic nitrogens is 1. The molecule has 0 radical (unpaired) electrons. The van der Waals surface area contributed by atoms with Gasteiger partial charge in [0.25, 0.3) is 5.91 Å². The molecule has 0 N–H and O–H groups in total. The predicted octanol–water partition coefficient (Wildman–Crippen LogP) is 2.30. The van der Waals surface area contributed by atoms with Crippen molar-refractivity contribution in [1.29, 1.82) is 0 Å². The number of hydrogen-bond acceptors (Lipinski definition) is 5. The number of anilines is 2. The zero-order valence-electron chi connectivity index (χ0n) is 15.3. The molecule has 0 bridgehead atoms. The molecule has 7 heteroatoms. The lowest BCUT2D eigenvalue weighted by Gasteiger charge is -2.29. The molecule has 27 heavy (non-hydrogen) atoms. The van der Waals surface area contributed by atoms with Crippen molar-refractivity contribution in [3.05, 3.63) is 53.9 Å². The van der Waals surface area contributed by atoms with Crippen molar-refractivity contribution in [3.63, 3.8) is 0 Å². The van der Waals surface area contributed by atoms with Crippen molar-refractivity contribution in [3.8, 4) is 0 Å². The maximum atomic E-state index is 13.0. The average Bonchev–Trinajstić information content (AvgIpc) is 3.25. The second kappa shape index (κ2) is 6.96. The van der Waals surface area contributed by atoms with Gasteiger partial charge in [0.05, 0.1) is 11.5 Å². The van der Waals surface area contributed by atoms with Gasteiger partial charge >= 0.3 is 0 Å². The molecule has 1 aromatic heterocycles. The number of sulfone groups is 1. The summed E-state index contributed by atoms with van der Waals surface area (Å²) < 4.78 is 23.7. The van der Waals surface area contributed by atoms with Crippen molar-refractivity contribution < 1.29 is 13.2 Å². The van der Waals surface area contributed by atoms with Gasteiger partial charge in [-0.2, -0.15) is 0 Å². The quantitative estimate of drug-likeness (QED) is 0.808. The lowest BCUT2D eigenvalue weighted by Crippen LogP contribution is -2.36. The monoisotopic (exact) mass is 385 g/mol. The SMILES string of the molecule is CCN(c1ccnc(C(=O)N2CCc3ccccc32)c1)C1CCS(=O)(=O)C1. The van der Waals surface area contributed by atoms with Gasteiger partial charge in [-0.05, 0) is 43.5 Å². The molecule has 0 saturated carbocycles. The second-order valence-corrected chi connectivity index (χ2v) is 9.31. The molecule has 0 spiro atoms. The normalized spacial score (nSPS) is 20.5. The van der Waals surface area contributed by atoms with Gasteiger partial charge in [0.15, 0.2) is 9.84 Å². The Labute approximate surface area is 159 Å². The first kappa shape index (κ1) is 18.0. The van der Waals surface area contributed by atoms with Gasteiger partial charge in [-0.15, -0.1) is 0 Å². The van der Waals surface area contributed by atoms with E-state index in [0.717, 1.165) is 17.8 Å². The molecule has 1 saturated heterocycles. The number of rotatable bonds is 4. The highest BCUT2D eigenvalue weighted by Crippen LogP contribution is 2.30. The first-order valence-corrected chi connectivity index (χ1v) is 11.1. The molecule has 3 heterocycles. The third kappa shape index (κ3) is 3.43. The summed E-state index contributed by atoms with van der Waals surface area (Å²) in [4.78, 5) is 21.2. The molecule has 4 rings (SSSR count). The Bertz CT molecular complexity index is 974. The minimum absolute atomic E-state index is 0.0436.